The molecule has 3 nitrogen and oxygen atoms in total. The van der Waals surface area contributed by atoms with E-state index in [1.807, 2.05) is 36.9 Å². The van der Waals surface area contributed by atoms with Crippen molar-refractivity contribution in [1.82, 2.24) is 0 Å². The Balaban J connectivity index is 2.43. The average molecular weight is 205 g/mol. The topological polar surface area (TPSA) is 29.5 Å². The molecule has 0 aliphatic carbocycles. The average Bonchev–Trinajstić information content (AvgIpc) is 2.52. The summed E-state index contributed by atoms with van der Waals surface area (Å²) < 4.78 is 5.14. The number of hydrogen-bond donors (Lipinski definition) is 0. The molecule has 0 fully saturated rings. The maximum absolute atomic E-state index is 11.8. The highest BCUT2D eigenvalue weighted by molar-refractivity contribution is 6.01. The second-order valence-corrected chi connectivity index (χ2v) is 4.03. The molecule has 1 aromatic rings. The monoisotopic (exact) mass is 205 g/mol. The van der Waals surface area contributed by atoms with Gasteiger partial charge in [0.2, 0.25) is 5.91 Å². The lowest BCUT2D eigenvalue weighted by molar-refractivity contribution is -0.117. The molecule has 1 aliphatic heterocycles. The molecule has 0 bridgehead atoms. The quantitative estimate of drug-likeness (QED) is 0.739. The molecule has 3 heteroatoms. The SMILES string of the molecule is COc1ccc2c(c1)CC(=O)N2C(C)C. The summed E-state index contributed by atoms with van der Waals surface area (Å²) >= 11 is 0. The van der Waals surface area contributed by atoms with Gasteiger partial charge >= 0.3 is 0 Å². The first-order valence-corrected chi connectivity index (χ1v) is 5.12. The highest BCUT2D eigenvalue weighted by atomic mass is 16.5. The van der Waals surface area contributed by atoms with E-state index in [9.17, 15) is 4.79 Å². The van der Waals surface area contributed by atoms with Crippen molar-refractivity contribution in [2.24, 2.45) is 0 Å². The largest absolute Gasteiger partial charge is 0.497 e. The fraction of sp³-hybridized carbons (Fsp3) is 0.417. The molecule has 0 radical (unpaired) electrons. The van der Waals surface area contributed by atoms with Gasteiger partial charge in [-0.3, -0.25) is 4.79 Å². The van der Waals surface area contributed by atoms with Gasteiger partial charge in [0.15, 0.2) is 0 Å². The number of benzene rings is 1. The van der Waals surface area contributed by atoms with Crippen LogP contribution in [0.2, 0.25) is 0 Å². The number of fused-ring (bicyclic) bond motifs is 1. The molecule has 0 unspecified atom stereocenters. The Kier molecular flexibility index (Phi) is 2.39. The van der Waals surface area contributed by atoms with E-state index >= 15 is 0 Å². The van der Waals surface area contributed by atoms with Crippen molar-refractivity contribution >= 4 is 11.6 Å². The van der Waals surface area contributed by atoms with Gasteiger partial charge in [-0.1, -0.05) is 0 Å². The van der Waals surface area contributed by atoms with E-state index in [2.05, 4.69) is 0 Å². The number of nitrogens with zero attached hydrogens (tertiary/aromatic N) is 1. The van der Waals surface area contributed by atoms with E-state index in [1.54, 1.807) is 7.11 Å². The minimum absolute atomic E-state index is 0.174. The van der Waals surface area contributed by atoms with Crippen LogP contribution >= 0.6 is 0 Å². The summed E-state index contributed by atoms with van der Waals surface area (Å²) in [5.74, 6) is 0.986. The van der Waals surface area contributed by atoms with Gasteiger partial charge in [-0.2, -0.15) is 0 Å². The zero-order chi connectivity index (χ0) is 11.0. The summed E-state index contributed by atoms with van der Waals surface area (Å²) in [5, 5.41) is 0. The second kappa shape index (κ2) is 3.57. The fourth-order valence-corrected chi connectivity index (χ4v) is 2.01. The summed E-state index contributed by atoms with van der Waals surface area (Å²) in [7, 11) is 1.64. The molecular weight excluding hydrogens is 190 g/mol. The lowest BCUT2D eigenvalue weighted by Crippen LogP contribution is -2.33. The van der Waals surface area contributed by atoms with Crippen molar-refractivity contribution in [1.29, 1.82) is 0 Å². The van der Waals surface area contributed by atoms with Crippen LogP contribution in [0.25, 0.3) is 0 Å². The van der Waals surface area contributed by atoms with Gasteiger partial charge in [0.25, 0.3) is 0 Å². The van der Waals surface area contributed by atoms with Gasteiger partial charge in [0.05, 0.1) is 13.5 Å². The molecule has 0 saturated carbocycles. The molecule has 0 atom stereocenters. The number of anilines is 1. The van der Waals surface area contributed by atoms with E-state index in [0.29, 0.717) is 6.42 Å². The van der Waals surface area contributed by atoms with Gasteiger partial charge in [-0.15, -0.1) is 0 Å². The summed E-state index contributed by atoms with van der Waals surface area (Å²) in [6, 6.07) is 6.01. The first-order valence-electron chi connectivity index (χ1n) is 5.12. The summed E-state index contributed by atoms with van der Waals surface area (Å²) in [6.45, 7) is 4.05. The van der Waals surface area contributed by atoms with E-state index in [1.165, 1.54) is 0 Å². The van der Waals surface area contributed by atoms with E-state index in [-0.39, 0.29) is 11.9 Å². The molecular formula is C12H15NO2. The molecule has 2 rings (SSSR count). The Morgan fingerprint density at radius 2 is 2.13 bits per heavy atom. The maximum Gasteiger partial charge on any atom is 0.231 e. The molecule has 1 amide bonds. The lowest BCUT2D eigenvalue weighted by Gasteiger charge is -2.21. The van der Waals surface area contributed by atoms with Crippen LogP contribution in [0.15, 0.2) is 18.2 Å². The minimum Gasteiger partial charge on any atom is -0.497 e. The number of carbonyl (C=O) groups is 1. The Bertz CT molecular complexity index is 399. The van der Waals surface area contributed by atoms with Crippen molar-refractivity contribution < 1.29 is 9.53 Å². The standard InChI is InChI=1S/C12H15NO2/c1-8(2)13-11-5-4-10(15-3)6-9(11)7-12(13)14/h4-6,8H,7H2,1-3H3. The molecule has 1 aromatic carbocycles. The first-order chi connectivity index (χ1) is 7.13. The first kappa shape index (κ1) is 10.0. The number of ether oxygens (including phenoxy) is 1. The van der Waals surface area contributed by atoms with Crippen molar-refractivity contribution in [3.05, 3.63) is 23.8 Å². The second-order valence-electron chi connectivity index (χ2n) is 4.03. The van der Waals surface area contributed by atoms with Crippen molar-refractivity contribution in [2.45, 2.75) is 26.3 Å². The van der Waals surface area contributed by atoms with Crippen LogP contribution in [0.1, 0.15) is 19.4 Å². The van der Waals surface area contributed by atoms with Gasteiger partial charge < -0.3 is 9.64 Å². The third-order valence-corrected chi connectivity index (χ3v) is 2.67. The van der Waals surface area contributed by atoms with Crippen LogP contribution in [0.5, 0.6) is 5.75 Å². The van der Waals surface area contributed by atoms with E-state index < -0.39 is 0 Å². The maximum atomic E-state index is 11.8. The molecule has 15 heavy (non-hydrogen) atoms. The number of rotatable bonds is 2. The Morgan fingerprint density at radius 3 is 2.73 bits per heavy atom. The summed E-state index contributed by atoms with van der Waals surface area (Å²) in [5.41, 5.74) is 2.09. The molecule has 0 saturated heterocycles. The molecule has 80 valence electrons. The van der Waals surface area contributed by atoms with Crippen LogP contribution in [0, 0.1) is 0 Å². The minimum atomic E-state index is 0.174. The van der Waals surface area contributed by atoms with Crippen LogP contribution in [0.4, 0.5) is 5.69 Å². The zero-order valence-corrected chi connectivity index (χ0v) is 9.28. The van der Waals surface area contributed by atoms with Crippen LogP contribution in [-0.4, -0.2) is 19.1 Å². The van der Waals surface area contributed by atoms with Gasteiger partial charge in [0.1, 0.15) is 5.75 Å². The van der Waals surface area contributed by atoms with Crippen LogP contribution in [0.3, 0.4) is 0 Å². The Hall–Kier alpha value is -1.51. The normalized spacial score (nSPS) is 14.7. The summed E-state index contributed by atoms with van der Waals surface area (Å²) in [4.78, 5) is 13.6. The number of carbonyl (C=O) groups excluding carboxylic acids is 1. The fourth-order valence-electron chi connectivity index (χ4n) is 2.01. The number of hydrogen-bond acceptors (Lipinski definition) is 2. The molecule has 1 aliphatic rings. The molecule has 0 N–H and O–H groups in total. The number of methoxy groups -OCH3 is 1. The van der Waals surface area contributed by atoms with Crippen molar-refractivity contribution in [3.63, 3.8) is 0 Å². The molecule has 0 aromatic heterocycles. The van der Waals surface area contributed by atoms with Crippen molar-refractivity contribution in [3.8, 4) is 5.75 Å². The Morgan fingerprint density at radius 1 is 1.40 bits per heavy atom. The van der Waals surface area contributed by atoms with Crippen LogP contribution in [-0.2, 0) is 11.2 Å². The van der Waals surface area contributed by atoms with E-state index in [0.717, 1.165) is 17.0 Å². The third-order valence-electron chi connectivity index (χ3n) is 2.67. The molecule has 0 spiro atoms. The highest BCUT2D eigenvalue weighted by Gasteiger charge is 2.29. The predicted molar refractivity (Wildman–Crippen MR) is 59.3 cm³/mol. The van der Waals surface area contributed by atoms with Gasteiger partial charge in [-0.05, 0) is 37.6 Å². The van der Waals surface area contributed by atoms with Gasteiger partial charge in [-0.25, -0.2) is 0 Å². The summed E-state index contributed by atoms with van der Waals surface area (Å²) in [6.07, 6.45) is 0.491. The Labute approximate surface area is 89.7 Å². The lowest BCUT2D eigenvalue weighted by atomic mass is 10.1. The predicted octanol–water partition coefficient (Wildman–Crippen LogP) is 1.99. The highest BCUT2D eigenvalue weighted by Crippen LogP contribution is 2.33. The van der Waals surface area contributed by atoms with Crippen LogP contribution < -0.4 is 9.64 Å². The number of amides is 1. The van der Waals surface area contributed by atoms with Crippen molar-refractivity contribution in [2.75, 3.05) is 12.0 Å². The van der Waals surface area contributed by atoms with E-state index in [4.69, 9.17) is 4.74 Å². The van der Waals surface area contributed by atoms with Gasteiger partial charge in [0, 0.05) is 11.7 Å². The molecule has 1 heterocycles. The third kappa shape index (κ3) is 1.58. The zero-order valence-electron chi connectivity index (χ0n) is 9.28. The smallest absolute Gasteiger partial charge is 0.231 e.